The summed E-state index contributed by atoms with van der Waals surface area (Å²) in [6.45, 7) is -3.91. The molecule has 0 atom stereocenters. The van der Waals surface area contributed by atoms with Crippen LogP contribution in [-0.2, 0) is 5.67 Å². The summed E-state index contributed by atoms with van der Waals surface area (Å²) in [5.74, 6) is -5.43. The van der Waals surface area contributed by atoms with E-state index in [-0.39, 0.29) is 23.3 Å². The Balaban J connectivity index is 1.99. The van der Waals surface area contributed by atoms with Gasteiger partial charge >= 0.3 is 24.6 Å². The molecule has 3 aromatic rings. The summed E-state index contributed by atoms with van der Waals surface area (Å²) in [5, 5.41) is 11.4. The molecule has 0 saturated carbocycles. The fraction of sp³-hybridized carbons (Fsp3) is 0.160. The Labute approximate surface area is 233 Å². The lowest BCUT2D eigenvalue weighted by atomic mass is 9.93. The van der Waals surface area contributed by atoms with E-state index in [1.807, 2.05) is 6.07 Å². The zero-order chi connectivity index (χ0) is 31.6. The van der Waals surface area contributed by atoms with Crippen LogP contribution in [0.5, 0.6) is 5.75 Å². The normalized spacial score (nSPS) is 12.1. The summed E-state index contributed by atoms with van der Waals surface area (Å²) in [5.41, 5.74) is -10.8. The Morgan fingerprint density at radius 1 is 0.881 bits per heavy atom. The van der Waals surface area contributed by atoms with Gasteiger partial charge in [-0.15, -0.1) is 0 Å². The predicted molar refractivity (Wildman–Crippen MR) is 126 cm³/mol. The summed E-state index contributed by atoms with van der Waals surface area (Å²) >= 11 is 5.67. The third-order valence-electron chi connectivity index (χ3n) is 5.46. The number of nitrogens with one attached hydrogen (secondary N) is 2. The summed E-state index contributed by atoms with van der Waals surface area (Å²) in [7, 11) is 0. The van der Waals surface area contributed by atoms with Crippen LogP contribution in [0.25, 0.3) is 0 Å². The Bertz CT molecular complexity index is 1540. The highest BCUT2D eigenvalue weighted by Gasteiger charge is 2.73. The molecule has 0 aliphatic carbocycles. The molecule has 3 aromatic carbocycles. The van der Waals surface area contributed by atoms with E-state index in [1.54, 1.807) is 5.32 Å². The highest BCUT2D eigenvalue weighted by molar-refractivity contribution is 6.34. The summed E-state index contributed by atoms with van der Waals surface area (Å²) in [4.78, 5) is 25.2. The van der Waals surface area contributed by atoms with Gasteiger partial charge in [-0.25, -0.2) is 8.78 Å². The Morgan fingerprint density at radius 3 is 2.00 bits per heavy atom. The fourth-order valence-corrected chi connectivity index (χ4v) is 3.71. The maximum atomic E-state index is 15.1. The predicted octanol–water partition coefficient (Wildman–Crippen LogP) is 7.75. The first-order chi connectivity index (χ1) is 19.4. The monoisotopic (exact) mass is 627 g/mol. The standard InChI is InChI=1S/C25H12ClF10N3O3/c26-15-8-13(23(30,24(31,32)33)25(34,35)36)9-17(42-22(28)29)19(15)39-21(41)14-2-1-3-16(18(14)27)38-20(40)12-6-4-11(10-37)5-7-12/h1-9,22H,(H,38,40)(H,39,41). The molecular weight excluding hydrogens is 616 g/mol. The molecule has 3 rings (SSSR count). The van der Waals surface area contributed by atoms with E-state index in [1.165, 1.54) is 24.3 Å². The zero-order valence-electron chi connectivity index (χ0n) is 20.1. The molecule has 0 heterocycles. The van der Waals surface area contributed by atoms with E-state index in [0.717, 1.165) is 18.2 Å². The van der Waals surface area contributed by atoms with Crippen molar-refractivity contribution in [3.05, 3.63) is 87.7 Å². The van der Waals surface area contributed by atoms with Crippen LogP contribution >= 0.6 is 11.6 Å². The molecule has 0 radical (unpaired) electrons. The third kappa shape index (κ3) is 6.35. The fourth-order valence-electron chi connectivity index (χ4n) is 3.45. The minimum Gasteiger partial charge on any atom is -0.433 e. The van der Waals surface area contributed by atoms with Crippen molar-refractivity contribution >= 4 is 34.8 Å². The van der Waals surface area contributed by atoms with E-state index in [0.29, 0.717) is 0 Å². The third-order valence-corrected chi connectivity index (χ3v) is 5.75. The van der Waals surface area contributed by atoms with Crippen molar-refractivity contribution in [1.29, 1.82) is 5.26 Å². The van der Waals surface area contributed by atoms with Crippen molar-refractivity contribution in [2.45, 2.75) is 24.6 Å². The van der Waals surface area contributed by atoms with Gasteiger partial charge in [-0.1, -0.05) is 17.7 Å². The first-order valence-corrected chi connectivity index (χ1v) is 11.3. The largest absolute Gasteiger partial charge is 0.435 e. The van der Waals surface area contributed by atoms with Crippen LogP contribution in [0.4, 0.5) is 55.3 Å². The van der Waals surface area contributed by atoms with Gasteiger partial charge in [-0.3, -0.25) is 9.59 Å². The molecule has 0 spiro atoms. The molecule has 17 heteroatoms. The molecule has 0 aliphatic heterocycles. The van der Waals surface area contributed by atoms with Crippen LogP contribution in [0.1, 0.15) is 31.8 Å². The molecule has 0 fully saturated rings. The Kier molecular flexibility index (Phi) is 8.96. The van der Waals surface area contributed by atoms with E-state index in [9.17, 15) is 49.1 Å². The van der Waals surface area contributed by atoms with Gasteiger partial charge < -0.3 is 15.4 Å². The van der Waals surface area contributed by atoms with Crippen LogP contribution in [0.2, 0.25) is 5.02 Å². The number of anilines is 2. The number of carbonyl (C=O) groups is 2. The molecule has 6 nitrogen and oxygen atoms in total. The minimum atomic E-state index is -6.63. The van der Waals surface area contributed by atoms with Crippen molar-refractivity contribution in [3.63, 3.8) is 0 Å². The number of benzene rings is 3. The maximum absolute atomic E-state index is 15.1. The van der Waals surface area contributed by atoms with Gasteiger partial charge in [0.2, 0.25) is 0 Å². The Hall–Kier alpha value is -4.52. The number of alkyl halides is 9. The second-order valence-electron chi connectivity index (χ2n) is 8.13. The number of carbonyl (C=O) groups excluding carboxylic acids is 2. The molecule has 0 bridgehead atoms. The number of rotatable bonds is 7. The lowest BCUT2D eigenvalue weighted by Crippen LogP contribution is -2.50. The van der Waals surface area contributed by atoms with Gasteiger partial charge in [0.15, 0.2) is 11.6 Å². The molecular formula is C25H12ClF10N3O3. The lowest BCUT2D eigenvalue weighted by Gasteiger charge is -2.31. The molecule has 0 aliphatic rings. The van der Waals surface area contributed by atoms with Crippen LogP contribution in [-0.4, -0.2) is 30.8 Å². The summed E-state index contributed by atoms with van der Waals surface area (Å²) in [6, 6.07) is 9.15. The first kappa shape index (κ1) is 32.0. The zero-order valence-corrected chi connectivity index (χ0v) is 20.9. The first-order valence-electron chi connectivity index (χ1n) is 10.9. The quantitative estimate of drug-likeness (QED) is 0.262. The summed E-state index contributed by atoms with van der Waals surface area (Å²) < 4.78 is 139. The number of nitrogens with zero attached hydrogens (tertiary/aromatic N) is 1. The van der Waals surface area contributed by atoms with Crippen molar-refractivity contribution in [2.24, 2.45) is 0 Å². The summed E-state index contributed by atoms with van der Waals surface area (Å²) in [6.07, 6.45) is -13.3. The smallest absolute Gasteiger partial charge is 0.433 e. The average Bonchev–Trinajstić information content (AvgIpc) is 2.89. The maximum Gasteiger partial charge on any atom is 0.435 e. The van der Waals surface area contributed by atoms with E-state index >= 15 is 4.39 Å². The Morgan fingerprint density at radius 2 is 1.48 bits per heavy atom. The van der Waals surface area contributed by atoms with Crippen molar-refractivity contribution in [3.8, 4) is 11.8 Å². The highest BCUT2D eigenvalue weighted by atomic mass is 35.5. The van der Waals surface area contributed by atoms with Crippen molar-refractivity contribution in [1.82, 2.24) is 0 Å². The SMILES string of the molecule is N#Cc1ccc(C(=O)Nc2cccc(C(=O)Nc3c(Cl)cc(C(F)(C(F)(F)F)C(F)(F)F)cc3OC(F)F)c2F)cc1. The molecule has 2 N–H and O–H groups in total. The second-order valence-corrected chi connectivity index (χ2v) is 8.54. The average molecular weight is 628 g/mol. The lowest BCUT2D eigenvalue weighted by molar-refractivity contribution is -0.348. The molecule has 2 amide bonds. The van der Waals surface area contributed by atoms with Crippen LogP contribution in [0.15, 0.2) is 54.6 Å². The van der Waals surface area contributed by atoms with Crippen molar-refractivity contribution < 1.29 is 58.2 Å². The van der Waals surface area contributed by atoms with Crippen molar-refractivity contribution in [2.75, 3.05) is 10.6 Å². The topological polar surface area (TPSA) is 91.2 Å². The van der Waals surface area contributed by atoms with Gasteiger partial charge in [0.1, 0.15) is 5.69 Å². The number of nitriles is 1. The minimum absolute atomic E-state index is 0.0226. The van der Waals surface area contributed by atoms with Gasteiger partial charge in [0.25, 0.3) is 11.8 Å². The van der Waals surface area contributed by atoms with Crippen LogP contribution in [0.3, 0.4) is 0 Å². The number of hydrogen-bond donors (Lipinski definition) is 2. The number of ether oxygens (including phenoxy) is 1. The van der Waals surface area contributed by atoms with Gasteiger partial charge in [-0.2, -0.15) is 40.4 Å². The van der Waals surface area contributed by atoms with E-state index in [4.69, 9.17) is 16.9 Å². The van der Waals surface area contributed by atoms with E-state index < -0.39 is 75.5 Å². The number of amides is 2. The number of hydrogen-bond acceptors (Lipinski definition) is 4. The molecule has 0 saturated heterocycles. The van der Waals surface area contributed by atoms with Gasteiger partial charge in [0.05, 0.1) is 27.9 Å². The van der Waals surface area contributed by atoms with Gasteiger partial charge in [-0.05, 0) is 48.5 Å². The molecule has 0 aromatic heterocycles. The molecule has 222 valence electrons. The van der Waals surface area contributed by atoms with E-state index in [2.05, 4.69) is 10.1 Å². The van der Waals surface area contributed by atoms with Crippen LogP contribution in [0, 0.1) is 17.1 Å². The van der Waals surface area contributed by atoms with Crippen LogP contribution < -0.4 is 15.4 Å². The second kappa shape index (κ2) is 11.8. The molecule has 42 heavy (non-hydrogen) atoms. The highest BCUT2D eigenvalue weighted by Crippen LogP contribution is 2.55. The number of halogens is 11. The molecule has 0 unspecified atom stereocenters. The van der Waals surface area contributed by atoms with Gasteiger partial charge in [0, 0.05) is 11.1 Å².